The normalized spacial score (nSPS) is 14.1. The minimum absolute atomic E-state index is 0.0204. The Kier molecular flexibility index (Phi) is 52.0. The Morgan fingerprint density at radius 2 is 0.770 bits per heavy atom. The van der Waals surface area contributed by atoms with Gasteiger partial charge < -0.3 is 18.9 Å². The van der Waals surface area contributed by atoms with Crippen molar-refractivity contribution in [1.29, 1.82) is 0 Å². The van der Waals surface area contributed by atoms with Gasteiger partial charge in [0.1, 0.15) is 19.8 Å². The number of likely N-dealkylation sites (N-methyl/N-ethyl adjacent to an activating group) is 1. The van der Waals surface area contributed by atoms with E-state index < -0.39 is 26.5 Å². The summed E-state index contributed by atoms with van der Waals surface area (Å²) in [6, 6.07) is 0. The van der Waals surface area contributed by atoms with Crippen molar-refractivity contribution in [2.45, 2.75) is 238 Å². The molecule has 0 spiro atoms. The first-order chi connectivity index (χ1) is 36.0. The van der Waals surface area contributed by atoms with Gasteiger partial charge in [-0.05, 0) is 103 Å². The van der Waals surface area contributed by atoms with Crippen molar-refractivity contribution < 1.29 is 42.1 Å². The van der Waals surface area contributed by atoms with Gasteiger partial charge >= 0.3 is 19.8 Å². The Balaban J connectivity index is 4.27. The number of phosphoric ester groups is 1. The number of allylic oxidation sites excluding steroid dienone is 18. The summed E-state index contributed by atoms with van der Waals surface area (Å²) in [7, 11) is 1.44. The van der Waals surface area contributed by atoms with Gasteiger partial charge in [0, 0.05) is 12.8 Å². The molecule has 0 aliphatic carbocycles. The second kappa shape index (κ2) is 54.5. The van der Waals surface area contributed by atoms with Gasteiger partial charge in [-0.25, -0.2) is 4.57 Å². The maximum Gasteiger partial charge on any atom is 0.472 e. The number of unbranched alkanes of at least 4 members (excludes halogenated alkanes) is 21. The number of esters is 2. The number of rotatable bonds is 53. The molecule has 0 saturated carbocycles. The number of phosphoric acid groups is 1. The van der Waals surface area contributed by atoms with E-state index >= 15 is 0 Å². The molecular weight excluding hydrogens is 942 g/mol. The number of hydrogen-bond donors (Lipinski definition) is 1. The summed E-state index contributed by atoms with van der Waals surface area (Å²) >= 11 is 0. The molecule has 0 saturated heterocycles. The molecule has 0 aromatic carbocycles. The van der Waals surface area contributed by atoms with E-state index in [1.165, 1.54) is 103 Å². The summed E-state index contributed by atoms with van der Waals surface area (Å²) in [5, 5.41) is 0. The molecule has 1 N–H and O–H groups in total. The highest BCUT2D eigenvalue weighted by molar-refractivity contribution is 7.47. The lowest BCUT2D eigenvalue weighted by Gasteiger charge is -2.24. The molecule has 0 amide bonds. The summed E-state index contributed by atoms with van der Waals surface area (Å²) in [5.41, 5.74) is 0. The maximum atomic E-state index is 12.8. The van der Waals surface area contributed by atoms with Crippen molar-refractivity contribution in [3.8, 4) is 0 Å². The van der Waals surface area contributed by atoms with E-state index in [-0.39, 0.29) is 32.0 Å². The summed E-state index contributed by atoms with van der Waals surface area (Å²) in [6.07, 6.45) is 75.8. The van der Waals surface area contributed by atoms with Crippen LogP contribution in [0.3, 0.4) is 0 Å². The Morgan fingerprint density at radius 3 is 1.16 bits per heavy atom. The van der Waals surface area contributed by atoms with Crippen molar-refractivity contribution in [3.63, 3.8) is 0 Å². The zero-order chi connectivity index (χ0) is 54.2. The van der Waals surface area contributed by atoms with E-state index in [1.807, 2.05) is 21.1 Å². The predicted molar refractivity (Wildman–Crippen MR) is 316 cm³/mol. The molecule has 0 rings (SSSR count). The Morgan fingerprint density at radius 1 is 0.432 bits per heavy atom. The van der Waals surface area contributed by atoms with Crippen molar-refractivity contribution in [3.05, 3.63) is 109 Å². The first-order valence-corrected chi connectivity index (χ1v) is 31.1. The average molecular weight is 1050 g/mol. The van der Waals surface area contributed by atoms with Gasteiger partial charge in [0.2, 0.25) is 0 Å². The molecule has 2 atom stereocenters. The largest absolute Gasteiger partial charge is 0.472 e. The lowest BCUT2D eigenvalue weighted by Crippen LogP contribution is -2.37. The second-order valence-electron chi connectivity index (χ2n) is 20.6. The van der Waals surface area contributed by atoms with Crippen LogP contribution >= 0.6 is 7.82 Å². The number of nitrogens with zero attached hydrogens (tertiary/aromatic N) is 1. The standard InChI is InChI=1S/C64H110NO8P/c1-6-8-10-12-14-16-18-20-22-24-26-28-29-30-31-32-33-34-35-37-39-41-43-45-47-49-51-53-55-57-64(67)73-62(61-72-74(68,69)71-59-58-65(3,4)5)60-70-63(66)56-54-52-50-48-46-44-42-40-38-36-27-25-23-21-19-17-15-13-11-9-7-2/h8,10,14,16,20,22,25-28,30-31,33-34,37,39,43,45,62H,6-7,9,11-13,15,17-19,21,23-24,29,32,35-36,38,40-42,44,46-61H2,1-5H3/p+1/b10-8-,16-14-,22-20-,27-25-,28-26-,31-30-,34-33-,39-37-,45-43-. The van der Waals surface area contributed by atoms with Gasteiger partial charge in [-0.2, -0.15) is 0 Å². The molecule has 0 fully saturated rings. The number of carbonyl (C=O) groups is 2. The fraction of sp³-hybridized carbons (Fsp3) is 0.688. The molecule has 10 heteroatoms. The fourth-order valence-corrected chi connectivity index (χ4v) is 8.47. The van der Waals surface area contributed by atoms with Crippen LogP contribution in [0.15, 0.2) is 109 Å². The molecule has 2 unspecified atom stereocenters. The number of ether oxygens (including phenoxy) is 2. The summed E-state index contributed by atoms with van der Waals surface area (Å²) < 4.78 is 34.5. The summed E-state index contributed by atoms with van der Waals surface area (Å²) in [6.45, 7) is 4.29. The zero-order valence-corrected chi connectivity index (χ0v) is 48.9. The van der Waals surface area contributed by atoms with Gasteiger partial charge in [-0.1, -0.05) is 226 Å². The van der Waals surface area contributed by atoms with Gasteiger partial charge in [0.25, 0.3) is 0 Å². The zero-order valence-electron chi connectivity index (χ0n) is 48.0. The van der Waals surface area contributed by atoms with Crippen molar-refractivity contribution in [1.82, 2.24) is 0 Å². The Bertz CT molecular complexity index is 1620. The molecule has 0 bridgehead atoms. The van der Waals surface area contributed by atoms with E-state index in [9.17, 15) is 19.0 Å². The molecular formula is C64H111NO8P+. The molecule has 0 radical (unpaired) electrons. The van der Waals surface area contributed by atoms with E-state index in [0.717, 1.165) is 96.3 Å². The molecule has 0 aromatic heterocycles. The predicted octanol–water partition coefficient (Wildman–Crippen LogP) is 18.6. The van der Waals surface area contributed by atoms with Crippen LogP contribution < -0.4 is 0 Å². The number of hydrogen-bond acceptors (Lipinski definition) is 7. The van der Waals surface area contributed by atoms with Crippen LogP contribution in [0.4, 0.5) is 0 Å². The van der Waals surface area contributed by atoms with Crippen LogP contribution in [0.1, 0.15) is 232 Å². The Labute approximate surface area is 455 Å². The average Bonchev–Trinajstić information content (AvgIpc) is 3.36. The smallest absolute Gasteiger partial charge is 0.462 e. The van der Waals surface area contributed by atoms with Crippen LogP contribution in [0, 0.1) is 0 Å². The lowest BCUT2D eigenvalue weighted by molar-refractivity contribution is -0.870. The Hall–Kier alpha value is -3.33. The summed E-state index contributed by atoms with van der Waals surface area (Å²) in [5.74, 6) is -0.833. The SMILES string of the molecule is CC/C=C\C/C=C\C/C=C\C/C=C\C/C=C\C/C=C\C/C=C\C/C=C\CCCCCCC(=O)OC(COC(=O)CCCCCCCCCCC/C=C\CCCCCCCCCC)COP(=O)(O)OCC[N+](C)(C)C. The van der Waals surface area contributed by atoms with Crippen LogP contribution in [-0.4, -0.2) is 74.9 Å². The minimum atomic E-state index is -4.40. The highest BCUT2D eigenvalue weighted by Crippen LogP contribution is 2.43. The second-order valence-corrected chi connectivity index (χ2v) is 22.1. The molecule has 0 heterocycles. The minimum Gasteiger partial charge on any atom is -0.462 e. The topological polar surface area (TPSA) is 108 Å². The highest BCUT2D eigenvalue weighted by atomic mass is 31.2. The molecule has 0 aliphatic rings. The third-order valence-corrected chi connectivity index (χ3v) is 13.3. The van der Waals surface area contributed by atoms with Gasteiger partial charge in [-0.15, -0.1) is 0 Å². The fourth-order valence-electron chi connectivity index (χ4n) is 7.73. The highest BCUT2D eigenvalue weighted by Gasteiger charge is 2.27. The molecule has 0 aromatic rings. The molecule has 9 nitrogen and oxygen atoms in total. The first kappa shape index (κ1) is 70.7. The van der Waals surface area contributed by atoms with Gasteiger partial charge in [0.05, 0.1) is 27.7 Å². The van der Waals surface area contributed by atoms with Crippen LogP contribution in [0.25, 0.3) is 0 Å². The molecule has 424 valence electrons. The van der Waals surface area contributed by atoms with Crippen LogP contribution in [0.5, 0.6) is 0 Å². The maximum absolute atomic E-state index is 12.8. The monoisotopic (exact) mass is 1050 g/mol. The number of carbonyl (C=O) groups excluding carboxylic acids is 2. The number of quaternary nitrogens is 1. The van der Waals surface area contributed by atoms with E-state index in [4.69, 9.17) is 18.5 Å². The van der Waals surface area contributed by atoms with E-state index in [2.05, 4.69) is 123 Å². The summed E-state index contributed by atoms with van der Waals surface area (Å²) in [4.78, 5) is 35.7. The molecule has 0 aliphatic heterocycles. The van der Waals surface area contributed by atoms with E-state index in [0.29, 0.717) is 17.4 Å². The van der Waals surface area contributed by atoms with Crippen molar-refractivity contribution in [2.24, 2.45) is 0 Å². The first-order valence-electron chi connectivity index (χ1n) is 29.6. The van der Waals surface area contributed by atoms with Crippen LogP contribution in [0.2, 0.25) is 0 Å². The third-order valence-electron chi connectivity index (χ3n) is 12.3. The third kappa shape index (κ3) is 57.9. The van der Waals surface area contributed by atoms with E-state index in [1.54, 1.807) is 0 Å². The molecule has 74 heavy (non-hydrogen) atoms. The van der Waals surface area contributed by atoms with Gasteiger partial charge in [-0.3, -0.25) is 18.6 Å². The lowest BCUT2D eigenvalue weighted by atomic mass is 10.1. The van der Waals surface area contributed by atoms with Crippen molar-refractivity contribution >= 4 is 19.8 Å². The quantitative estimate of drug-likeness (QED) is 0.0211. The van der Waals surface area contributed by atoms with Gasteiger partial charge in [0.15, 0.2) is 6.10 Å². The van der Waals surface area contributed by atoms with Crippen LogP contribution in [-0.2, 0) is 32.7 Å². The van der Waals surface area contributed by atoms with Crippen molar-refractivity contribution in [2.75, 3.05) is 47.5 Å².